The van der Waals surface area contributed by atoms with E-state index in [0.29, 0.717) is 21.3 Å². The summed E-state index contributed by atoms with van der Waals surface area (Å²) in [6.07, 6.45) is 0. The fourth-order valence-corrected chi connectivity index (χ4v) is 2.33. The van der Waals surface area contributed by atoms with Gasteiger partial charge < -0.3 is 10.5 Å². The minimum absolute atomic E-state index is 0.0435. The highest BCUT2D eigenvalue weighted by Crippen LogP contribution is 2.29. The third-order valence-corrected chi connectivity index (χ3v) is 3.73. The fraction of sp³-hybridized carbons (Fsp3) is 0.143. The Hall–Kier alpha value is -1.99. The highest BCUT2D eigenvalue weighted by Gasteiger charge is 2.15. The first-order valence-electron chi connectivity index (χ1n) is 6.05. The van der Waals surface area contributed by atoms with Crippen LogP contribution in [0, 0.1) is 15.9 Å². The van der Waals surface area contributed by atoms with Gasteiger partial charge >= 0.3 is 0 Å². The molecule has 0 radical (unpaired) electrons. The van der Waals surface area contributed by atoms with Gasteiger partial charge in [-0.3, -0.25) is 10.1 Å². The van der Waals surface area contributed by atoms with E-state index in [1.807, 2.05) is 0 Å². The van der Waals surface area contributed by atoms with E-state index in [4.69, 9.17) is 10.5 Å². The summed E-state index contributed by atoms with van der Waals surface area (Å²) in [6, 6.07) is 8.86. The summed E-state index contributed by atoms with van der Waals surface area (Å²) in [5.74, 6) is -0.111. The highest BCUT2D eigenvalue weighted by atomic mass is 79.9. The second-order valence-corrected chi connectivity index (χ2v) is 5.09. The van der Waals surface area contributed by atoms with Gasteiger partial charge in [0.25, 0.3) is 5.69 Å². The van der Waals surface area contributed by atoms with Crippen LogP contribution in [0.3, 0.4) is 0 Å². The Morgan fingerprint density at radius 2 is 2.10 bits per heavy atom. The molecule has 2 aromatic carbocycles. The average molecular weight is 355 g/mol. The van der Waals surface area contributed by atoms with Crippen LogP contribution in [0.25, 0.3) is 0 Å². The second kappa shape index (κ2) is 6.64. The topological polar surface area (TPSA) is 78.4 Å². The predicted molar refractivity (Wildman–Crippen MR) is 79.4 cm³/mol. The van der Waals surface area contributed by atoms with Crippen LogP contribution in [-0.4, -0.2) is 4.92 Å². The van der Waals surface area contributed by atoms with Gasteiger partial charge in [0.2, 0.25) is 0 Å². The van der Waals surface area contributed by atoms with Crippen LogP contribution >= 0.6 is 15.9 Å². The third-order valence-electron chi connectivity index (χ3n) is 2.82. The lowest BCUT2D eigenvalue weighted by atomic mass is 10.2. The lowest BCUT2D eigenvalue weighted by Crippen LogP contribution is -2.01. The maximum atomic E-state index is 13.4. The van der Waals surface area contributed by atoms with Gasteiger partial charge in [0.1, 0.15) is 22.6 Å². The molecule has 110 valence electrons. The molecule has 0 aliphatic carbocycles. The number of nitrogens with zero attached hydrogens (tertiary/aromatic N) is 1. The number of ether oxygens (including phenoxy) is 1. The van der Waals surface area contributed by atoms with E-state index in [2.05, 4.69) is 15.9 Å². The molecule has 2 rings (SSSR count). The Morgan fingerprint density at radius 1 is 1.33 bits per heavy atom. The zero-order chi connectivity index (χ0) is 15.4. The summed E-state index contributed by atoms with van der Waals surface area (Å²) in [5, 5.41) is 10.8. The van der Waals surface area contributed by atoms with E-state index in [9.17, 15) is 14.5 Å². The molecule has 7 heteroatoms. The van der Waals surface area contributed by atoms with Crippen LogP contribution in [0.5, 0.6) is 5.75 Å². The molecular formula is C14H12BrFN2O3. The molecule has 5 nitrogen and oxygen atoms in total. The van der Waals surface area contributed by atoms with E-state index in [-0.39, 0.29) is 18.8 Å². The summed E-state index contributed by atoms with van der Waals surface area (Å²) in [4.78, 5) is 10.4. The van der Waals surface area contributed by atoms with Crippen LogP contribution < -0.4 is 10.5 Å². The average Bonchev–Trinajstić information content (AvgIpc) is 2.45. The first-order chi connectivity index (χ1) is 10.0. The molecule has 0 unspecified atom stereocenters. The van der Waals surface area contributed by atoms with Gasteiger partial charge in [-0.05, 0) is 33.6 Å². The Bertz CT molecular complexity index is 679. The normalized spacial score (nSPS) is 10.4. The molecule has 0 heterocycles. The van der Waals surface area contributed by atoms with Crippen molar-refractivity contribution in [1.29, 1.82) is 0 Å². The van der Waals surface area contributed by atoms with Gasteiger partial charge in [-0.1, -0.05) is 12.1 Å². The van der Waals surface area contributed by atoms with Crippen molar-refractivity contribution in [3.8, 4) is 5.75 Å². The fourth-order valence-electron chi connectivity index (χ4n) is 1.80. The standard InChI is InChI=1S/C14H12BrFN2O3/c15-14-10(2-1-3-13(14)18(19)20)8-21-12-5-9(7-17)4-11(16)6-12/h1-6H,7-8,17H2. The first-order valence-corrected chi connectivity index (χ1v) is 6.84. The lowest BCUT2D eigenvalue weighted by Gasteiger charge is -2.09. The second-order valence-electron chi connectivity index (χ2n) is 4.30. The number of nitrogens with two attached hydrogens (primary N) is 1. The zero-order valence-corrected chi connectivity index (χ0v) is 12.5. The zero-order valence-electron chi connectivity index (χ0n) is 10.9. The van der Waals surface area contributed by atoms with Crippen molar-refractivity contribution < 1.29 is 14.1 Å². The highest BCUT2D eigenvalue weighted by molar-refractivity contribution is 9.10. The maximum Gasteiger partial charge on any atom is 0.283 e. The maximum absolute atomic E-state index is 13.4. The van der Waals surface area contributed by atoms with Crippen molar-refractivity contribution in [2.45, 2.75) is 13.2 Å². The number of hydrogen-bond donors (Lipinski definition) is 1. The molecule has 0 aliphatic rings. The molecule has 2 aromatic rings. The summed E-state index contributed by atoms with van der Waals surface area (Å²) >= 11 is 3.18. The minimum atomic E-state index is -0.484. The molecule has 0 fully saturated rings. The summed E-state index contributed by atoms with van der Waals surface area (Å²) < 4.78 is 19.2. The van der Waals surface area contributed by atoms with Crippen molar-refractivity contribution in [2.75, 3.05) is 0 Å². The number of nitro benzene ring substituents is 1. The number of nitro groups is 1. The number of benzene rings is 2. The van der Waals surface area contributed by atoms with E-state index in [1.54, 1.807) is 18.2 Å². The van der Waals surface area contributed by atoms with E-state index < -0.39 is 10.7 Å². The largest absolute Gasteiger partial charge is 0.489 e. The Labute approximate surface area is 128 Å². The van der Waals surface area contributed by atoms with Gasteiger partial charge in [0.15, 0.2) is 0 Å². The number of hydrogen-bond acceptors (Lipinski definition) is 4. The van der Waals surface area contributed by atoms with Gasteiger partial charge in [-0.2, -0.15) is 0 Å². The molecule has 0 amide bonds. The van der Waals surface area contributed by atoms with Gasteiger partial charge in [0.05, 0.1) is 4.92 Å². The third kappa shape index (κ3) is 3.77. The molecule has 0 aliphatic heterocycles. The minimum Gasteiger partial charge on any atom is -0.489 e. The first kappa shape index (κ1) is 15.4. The molecule has 0 saturated carbocycles. The predicted octanol–water partition coefficient (Wildman–Crippen LogP) is 3.53. The van der Waals surface area contributed by atoms with Crippen LogP contribution in [-0.2, 0) is 13.2 Å². The summed E-state index contributed by atoms with van der Waals surface area (Å²) in [6.45, 7) is 0.282. The van der Waals surface area contributed by atoms with Crippen molar-refractivity contribution in [1.82, 2.24) is 0 Å². The van der Waals surface area contributed by atoms with Crippen molar-refractivity contribution in [3.05, 3.63) is 67.9 Å². The molecular weight excluding hydrogens is 343 g/mol. The van der Waals surface area contributed by atoms with Gasteiger partial charge in [-0.15, -0.1) is 0 Å². The summed E-state index contributed by atoms with van der Waals surface area (Å²) in [5.41, 5.74) is 6.64. The lowest BCUT2D eigenvalue weighted by molar-refractivity contribution is -0.385. The van der Waals surface area contributed by atoms with Gasteiger partial charge in [0, 0.05) is 24.2 Å². The molecule has 0 bridgehead atoms. The Morgan fingerprint density at radius 3 is 2.76 bits per heavy atom. The van der Waals surface area contributed by atoms with Crippen LogP contribution in [0.1, 0.15) is 11.1 Å². The monoisotopic (exact) mass is 354 g/mol. The quantitative estimate of drug-likeness (QED) is 0.657. The van der Waals surface area contributed by atoms with Crippen LogP contribution in [0.2, 0.25) is 0 Å². The molecule has 0 saturated heterocycles. The van der Waals surface area contributed by atoms with E-state index >= 15 is 0 Å². The Kier molecular flexibility index (Phi) is 4.87. The van der Waals surface area contributed by atoms with Crippen LogP contribution in [0.15, 0.2) is 40.9 Å². The van der Waals surface area contributed by atoms with Crippen molar-refractivity contribution >= 4 is 21.6 Å². The summed E-state index contributed by atoms with van der Waals surface area (Å²) in [7, 11) is 0. The molecule has 21 heavy (non-hydrogen) atoms. The molecule has 2 N–H and O–H groups in total. The van der Waals surface area contributed by atoms with Crippen molar-refractivity contribution in [2.24, 2.45) is 5.73 Å². The number of halogens is 2. The van der Waals surface area contributed by atoms with Crippen molar-refractivity contribution in [3.63, 3.8) is 0 Å². The molecule has 0 spiro atoms. The number of rotatable bonds is 5. The SMILES string of the molecule is NCc1cc(F)cc(OCc2cccc([N+](=O)[O-])c2Br)c1. The molecule has 0 aromatic heterocycles. The van der Waals surface area contributed by atoms with Gasteiger partial charge in [-0.25, -0.2) is 4.39 Å². The van der Waals surface area contributed by atoms with E-state index in [0.717, 1.165) is 0 Å². The molecule has 0 atom stereocenters. The van der Waals surface area contributed by atoms with Crippen LogP contribution in [0.4, 0.5) is 10.1 Å². The smallest absolute Gasteiger partial charge is 0.283 e. The van der Waals surface area contributed by atoms with E-state index in [1.165, 1.54) is 18.2 Å². The Balaban J connectivity index is 2.19.